The zero-order valence-corrected chi connectivity index (χ0v) is 17.4. The number of thiocarbonyl (C=S) groups is 1. The molecular weight excluding hydrogens is 408 g/mol. The molecule has 1 aliphatic rings. The summed E-state index contributed by atoms with van der Waals surface area (Å²) in [5.41, 5.74) is 0.858. The summed E-state index contributed by atoms with van der Waals surface area (Å²) in [6.45, 7) is 0.505. The van der Waals surface area contributed by atoms with Crippen molar-refractivity contribution in [2.75, 3.05) is 26.8 Å². The SMILES string of the molecule is COc1cccc(/C=C2/SC(=S)N(CCNC(=O)COc3ccccc3)C2=O)c1. The number of nitrogens with one attached hydrogen (secondary N) is 1. The van der Waals surface area contributed by atoms with Crippen molar-refractivity contribution < 1.29 is 19.1 Å². The fourth-order valence-electron chi connectivity index (χ4n) is 2.60. The maximum Gasteiger partial charge on any atom is 0.266 e. The Morgan fingerprint density at radius 1 is 1.17 bits per heavy atom. The Balaban J connectivity index is 1.49. The van der Waals surface area contributed by atoms with Gasteiger partial charge in [-0.3, -0.25) is 14.5 Å². The van der Waals surface area contributed by atoms with E-state index in [1.807, 2.05) is 42.5 Å². The molecular formula is C21H20N2O4S2. The van der Waals surface area contributed by atoms with Gasteiger partial charge in [0.1, 0.15) is 15.8 Å². The van der Waals surface area contributed by atoms with E-state index in [2.05, 4.69) is 5.32 Å². The van der Waals surface area contributed by atoms with Gasteiger partial charge in [0, 0.05) is 13.1 Å². The molecule has 2 aromatic rings. The van der Waals surface area contributed by atoms with E-state index >= 15 is 0 Å². The highest BCUT2D eigenvalue weighted by molar-refractivity contribution is 8.26. The number of para-hydroxylation sites is 1. The van der Waals surface area contributed by atoms with Crippen LogP contribution < -0.4 is 14.8 Å². The molecule has 0 spiro atoms. The number of carbonyl (C=O) groups excluding carboxylic acids is 2. The molecule has 0 unspecified atom stereocenters. The third-order valence-electron chi connectivity index (χ3n) is 4.04. The summed E-state index contributed by atoms with van der Waals surface area (Å²) in [5.74, 6) is 0.917. The number of nitrogens with zero attached hydrogens (tertiary/aromatic N) is 1. The highest BCUT2D eigenvalue weighted by Gasteiger charge is 2.31. The lowest BCUT2D eigenvalue weighted by Crippen LogP contribution is -2.38. The number of hydrogen-bond acceptors (Lipinski definition) is 6. The van der Waals surface area contributed by atoms with E-state index in [4.69, 9.17) is 21.7 Å². The van der Waals surface area contributed by atoms with E-state index in [0.717, 1.165) is 11.3 Å². The van der Waals surface area contributed by atoms with E-state index in [-0.39, 0.29) is 25.0 Å². The summed E-state index contributed by atoms with van der Waals surface area (Å²) < 4.78 is 11.1. The average Bonchev–Trinajstić information content (AvgIpc) is 3.00. The summed E-state index contributed by atoms with van der Waals surface area (Å²) in [7, 11) is 1.60. The van der Waals surface area contributed by atoms with Gasteiger partial charge < -0.3 is 14.8 Å². The van der Waals surface area contributed by atoms with E-state index in [0.29, 0.717) is 21.5 Å². The second-order valence-corrected chi connectivity index (χ2v) is 7.74. The minimum Gasteiger partial charge on any atom is -0.497 e. The van der Waals surface area contributed by atoms with Crippen LogP contribution in [0.4, 0.5) is 0 Å². The molecule has 3 rings (SSSR count). The zero-order chi connectivity index (χ0) is 20.6. The van der Waals surface area contributed by atoms with E-state index in [9.17, 15) is 9.59 Å². The van der Waals surface area contributed by atoms with Gasteiger partial charge in [-0.2, -0.15) is 0 Å². The Kier molecular flexibility index (Phi) is 7.26. The van der Waals surface area contributed by atoms with Gasteiger partial charge in [0.05, 0.1) is 12.0 Å². The first-order valence-corrected chi connectivity index (χ1v) is 10.1. The normalized spacial score (nSPS) is 14.9. The Morgan fingerprint density at radius 2 is 1.93 bits per heavy atom. The molecule has 1 N–H and O–H groups in total. The van der Waals surface area contributed by atoms with Gasteiger partial charge in [-0.1, -0.05) is 54.3 Å². The first-order valence-electron chi connectivity index (χ1n) is 8.91. The number of carbonyl (C=O) groups is 2. The molecule has 0 saturated carbocycles. The Hall–Kier alpha value is -2.84. The third kappa shape index (κ3) is 5.82. The van der Waals surface area contributed by atoms with Gasteiger partial charge in [-0.05, 0) is 35.9 Å². The maximum atomic E-state index is 12.6. The molecule has 1 aliphatic heterocycles. The fraction of sp³-hybridized carbons (Fsp3) is 0.190. The number of rotatable bonds is 8. The Bertz CT molecular complexity index is 931. The minimum atomic E-state index is -0.258. The standard InChI is InChI=1S/C21H20N2O4S2/c1-26-17-9-5-6-15(12-17)13-18-20(25)23(21(28)29-18)11-10-22-19(24)14-27-16-7-3-2-4-8-16/h2-9,12-13H,10-11,14H2,1H3,(H,22,24)/b18-13+. The van der Waals surface area contributed by atoms with E-state index in [1.54, 1.807) is 25.3 Å². The average molecular weight is 429 g/mol. The predicted molar refractivity (Wildman–Crippen MR) is 118 cm³/mol. The highest BCUT2D eigenvalue weighted by Crippen LogP contribution is 2.32. The molecule has 0 aliphatic carbocycles. The van der Waals surface area contributed by atoms with Crippen molar-refractivity contribution in [3.05, 3.63) is 65.1 Å². The molecule has 1 fully saturated rings. The molecule has 2 amide bonds. The number of ether oxygens (including phenoxy) is 2. The van der Waals surface area contributed by atoms with Crippen molar-refractivity contribution >= 4 is 46.2 Å². The predicted octanol–water partition coefficient (Wildman–Crippen LogP) is 3.09. The van der Waals surface area contributed by atoms with Gasteiger partial charge in [-0.25, -0.2) is 0 Å². The van der Waals surface area contributed by atoms with E-state index < -0.39 is 0 Å². The van der Waals surface area contributed by atoms with Gasteiger partial charge in [0.25, 0.3) is 11.8 Å². The van der Waals surface area contributed by atoms with Crippen LogP contribution in [-0.2, 0) is 9.59 Å². The van der Waals surface area contributed by atoms with Crippen LogP contribution in [0.5, 0.6) is 11.5 Å². The first-order chi connectivity index (χ1) is 14.1. The van der Waals surface area contributed by atoms with Crippen LogP contribution in [-0.4, -0.2) is 47.8 Å². The van der Waals surface area contributed by atoms with Crippen LogP contribution in [0.1, 0.15) is 5.56 Å². The van der Waals surface area contributed by atoms with Gasteiger partial charge in [0.15, 0.2) is 6.61 Å². The largest absolute Gasteiger partial charge is 0.497 e. The molecule has 2 aromatic carbocycles. The molecule has 150 valence electrons. The van der Waals surface area contributed by atoms with Crippen LogP contribution in [0, 0.1) is 0 Å². The molecule has 0 bridgehead atoms. The van der Waals surface area contributed by atoms with Crippen molar-refractivity contribution in [3.63, 3.8) is 0 Å². The first kappa shape index (κ1) is 20.9. The summed E-state index contributed by atoms with van der Waals surface area (Å²) in [5, 5.41) is 2.74. The highest BCUT2D eigenvalue weighted by atomic mass is 32.2. The summed E-state index contributed by atoms with van der Waals surface area (Å²) in [6.07, 6.45) is 1.79. The van der Waals surface area contributed by atoms with Crippen LogP contribution in [0.3, 0.4) is 0 Å². The number of hydrogen-bond donors (Lipinski definition) is 1. The van der Waals surface area contributed by atoms with Gasteiger partial charge >= 0.3 is 0 Å². The quantitative estimate of drug-likeness (QED) is 0.515. The monoisotopic (exact) mass is 428 g/mol. The van der Waals surface area contributed by atoms with Crippen molar-refractivity contribution in [3.8, 4) is 11.5 Å². The smallest absolute Gasteiger partial charge is 0.266 e. The lowest BCUT2D eigenvalue weighted by molar-refractivity contribution is -0.124. The molecule has 1 heterocycles. The number of amides is 2. The maximum absolute atomic E-state index is 12.6. The molecule has 0 aromatic heterocycles. The Morgan fingerprint density at radius 3 is 2.69 bits per heavy atom. The molecule has 29 heavy (non-hydrogen) atoms. The second kappa shape index (κ2) is 10.1. The van der Waals surface area contributed by atoms with Crippen molar-refractivity contribution in [1.29, 1.82) is 0 Å². The lowest BCUT2D eigenvalue weighted by Gasteiger charge is -2.15. The van der Waals surface area contributed by atoms with E-state index in [1.165, 1.54) is 16.7 Å². The second-order valence-electron chi connectivity index (χ2n) is 6.06. The van der Waals surface area contributed by atoms with Crippen molar-refractivity contribution in [2.45, 2.75) is 0 Å². The Labute approximate surface area is 178 Å². The summed E-state index contributed by atoms with van der Waals surface area (Å²) >= 11 is 6.57. The minimum absolute atomic E-state index is 0.0852. The molecule has 0 atom stereocenters. The molecule has 8 heteroatoms. The van der Waals surface area contributed by atoms with Crippen LogP contribution >= 0.6 is 24.0 Å². The summed E-state index contributed by atoms with van der Waals surface area (Å²) in [6, 6.07) is 16.5. The topological polar surface area (TPSA) is 67.9 Å². The van der Waals surface area contributed by atoms with Crippen LogP contribution in [0.25, 0.3) is 6.08 Å². The fourth-order valence-corrected chi connectivity index (χ4v) is 3.91. The summed E-state index contributed by atoms with van der Waals surface area (Å²) in [4.78, 5) is 26.6. The third-order valence-corrected chi connectivity index (χ3v) is 5.41. The number of thioether (sulfide) groups is 1. The molecule has 1 saturated heterocycles. The van der Waals surface area contributed by atoms with Crippen molar-refractivity contribution in [2.24, 2.45) is 0 Å². The molecule has 0 radical (unpaired) electrons. The van der Waals surface area contributed by atoms with Crippen molar-refractivity contribution in [1.82, 2.24) is 10.2 Å². The molecule has 6 nitrogen and oxygen atoms in total. The number of benzene rings is 2. The van der Waals surface area contributed by atoms with Crippen LogP contribution in [0.2, 0.25) is 0 Å². The van der Waals surface area contributed by atoms with Gasteiger partial charge in [-0.15, -0.1) is 0 Å². The van der Waals surface area contributed by atoms with Crippen LogP contribution in [0.15, 0.2) is 59.5 Å². The number of methoxy groups -OCH3 is 1. The lowest BCUT2D eigenvalue weighted by atomic mass is 10.2. The van der Waals surface area contributed by atoms with Gasteiger partial charge in [0.2, 0.25) is 0 Å². The zero-order valence-electron chi connectivity index (χ0n) is 15.8.